The van der Waals surface area contributed by atoms with Gasteiger partial charge in [-0.15, -0.1) is 0 Å². The number of nitrogens with zero attached hydrogens (tertiary/aromatic N) is 6. The molecule has 0 saturated heterocycles. The van der Waals surface area contributed by atoms with Crippen LogP contribution in [0.3, 0.4) is 0 Å². The number of hydrogen-bond donors (Lipinski definition) is 3. The predicted octanol–water partition coefficient (Wildman–Crippen LogP) is 2.74. The first-order valence-corrected chi connectivity index (χ1v) is 9.24. The Morgan fingerprint density at radius 1 is 1.16 bits per heavy atom. The van der Waals surface area contributed by atoms with Gasteiger partial charge in [-0.1, -0.05) is 12.1 Å². The minimum atomic E-state index is -4.35. The number of anilines is 2. The number of amidine groups is 1. The van der Waals surface area contributed by atoms with E-state index in [1.165, 1.54) is 11.0 Å². The van der Waals surface area contributed by atoms with Crippen LogP contribution in [0, 0.1) is 0 Å². The van der Waals surface area contributed by atoms with E-state index in [1.807, 2.05) is 24.3 Å². The normalized spacial score (nSPS) is 13.9. The van der Waals surface area contributed by atoms with Crippen molar-refractivity contribution in [2.75, 3.05) is 23.5 Å². The molecule has 4 N–H and O–H groups in total. The summed E-state index contributed by atoms with van der Waals surface area (Å²) in [5, 5.41) is 4.24. The number of imidazole rings is 1. The van der Waals surface area contributed by atoms with Crippen molar-refractivity contribution in [3.05, 3.63) is 54.7 Å². The lowest BCUT2D eigenvalue weighted by molar-refractivity contribution is -0.122. The second kappa shape index (κ2) is 7.00. The molecule has 0 fully saturated rings. The van der Waals surface area contributed by atoms with Crippen LogP contribution >= 0.6 is 0 Å². The van der Waals surface area contributed by atoms with Crippen molar-refractivity contribution in [1.82, 2.24) is 24.6 Å². The number of aromatic amines is 1. The molecule has 0 saturated carbocycles. The summed E-state index contributed by atoms with van der Waals surface area (Å²) in [5.41, 5.74) is 9.96. The molecule has 5 rings (SSSR count). The standard InChI is InChI=1S/C19H16F3N9/c20-19(21,22)8-30-10-26-16(23)15-13(5-6-31(15)30)11-1-3-12(4-2-11)27-18-28-14-7-24-9-25-17(14)29-18/h1-7,9H,8,10H2,(H2,23,26)(H2,24,25,27,28,29). The van der Waals surface area contributed by atoms with E-state index in [0.717, 1.165) is 16.3 Å². The third kappa shape index (κ3) is 3.63. The monoisotopic (exact) mass is 427 g/mol. The van der Waals surface area contributed by atoms with Crippen LogP contribution in [0.2, 0.25) is 0 Å². The van der Waals surface area contributed by atoms with Crippen LogP contribution in [-0.2, 0) is 0 Å². The van der Waals surface area contributed by atoms with Gasteiger partial charge in [0, 0.05) is 17.4 Å². The summed E-state index contributed by atoms with van der Waals surface area (Å²) in [6, 6.07) is 9.09. The Bertz CT molecular complexity index is 1240. The molecule has 3 aromatic heterocycles. The van der Waals surface area contributed by atoms with Crippen molar-refractivity contribution >= 4 is 28.6 Å². The molecule has 0 radical (unpaired) electrons. The third-order valence-corrected chi connectivity index (χ3v) is 4.80. The maximum absolute atomic E-state index is 12.9. The molecule has 12 heteroatoms. The summed E-state index contributed by atoms with van der Waals surface area (Å²) >= 11 is 0. The van der Waals surface area contributed by atoms with Gasteiger partial charge in [0.1, 0.15) is 36.6 Å². The highest BCUT2D eigenvalue weighted by Gasteiger charge is 2.33. The molecule has 0 bridgehead atoms. The van der Waals surface area contributed by atoms with Crippen molar-refractivity contribution in [3.63, 3.8) is 0 Å². The molecule has 0 aliphatic carbocycles. The van der Waals surface area contributed by atoms with Gasteiger partial charge in [-0.2, -0.15) is 13.2 Å². The fourth-order valence-electron chi connectivity index (χ4n) is 3.47. The number of benzene rings is 1. The van der Waals surface area contributed by atoms with Gasteiger partial charge in [0.05, 0.1) is 6.20 Å². The largest absolute Gasteiger partial charge is 0.407 e. The smallest absolute Gasteiger partial charge is 0.382 e. The van der Waals surface area contributed by atoms with Crippen molar-refractivity contribution < 1.29 is 13.2 Å². The molecule has 1 aromatic carbocycles. The zero-order valence-corrected chi connectivity index (χ0v) is 15.9. The second-order valence-electron chi connectivity index (χ2n) is 6.93. The summed E-state index contributed by atoms with van der Waals surface area (Å²) < 4.78 is 40.1. The van der Waals surface area contributed by atoms with E-state index < -0.39 is 12.7 Å². The zero-order valence-electron chi connectivity index (χ0n) is 15.9. The van der Waals surface area contributed by atoms with Crippen LogP contribution in [0.25, 0.3) is 22.3 Å². The number of nitrogens with two attached hydrogens (primary N) is 1. The van der Waals surface area contributed by atoms with E-state index in [4.69, 9.17) is 5.73 Å². The Morgan fingerprint density at radius 3 is 2.71 bits per heavy atom. The van der Waals surface area contributed by atoms with Crippen LogP contribution < -0.4 is 16.1 Å². The van der Waals surface area contributed by atoms with Crippen molar-refractivity contribution in [1.29, 1.82) is 0 Å². The summed E-state index contributed by atoms with van der Waals surface area (Å²) in [6.45, 7) is -1.27. The number of alkyl halides is 3. The zero-order chi connectivity index (χ0) is 21.6. The molecule has 1 aliphatic heterocycles. The lowest BCUT2D eigenvalue weighted by Crippen LogP contribution is -2.47. The molecule has 0 atom stereocenters. The van der Waals surface area contributed by atoms with Crippen molar-refractivity contribution in [2.24, 2.45) is 10.7 Å². The fourth-order valence-corrected chi connectivity index (χ4v) is 3.47. The van der Waals surface area contributed by atoms with Gasteiger partial charge < -0.3 is 16.0 Å². The number of hydrogen-bond acceptors (Lipinski definition) is 7. The predicted molar refractivity (Wildman–Crippen MR) is 110 cm³/mol. The van der Waals surface area contributed by atoms with Crippen LogP contribution in [0.15, 0.2) is 54.0 Å². The van der Waals surface area contributed by atoms with E-state index in [-0.39, 0.29) is 12.5 Å². The molecule has 0 spiro atoms. The first-order valence-electron chi connectivity index (χ1n) is 9.24. The molecular formula is C19H16F3N9. The Morgan fingerprint density at radius 2 is 1.97 bits per heavy atom. The SMILES string of the molecule is NC1=NCN(CC(F)(F)F)n2ccc(-c3ccc(Nc4nc5cncnc5[nH]4)cc3)c21. The molecule has 4 aromatic rings. The minimum Gasteiger partial charge on any atom is -0.382 e. The van der Waals surface area contributed by atoms with Gasteiger partial charge in [-0.25, -0.2) is 19.9 Å². The third-order valence-electron chi connectivity index (χ3n) is 4.80. The summed E-state index contributed by atoms with van der Waals surface area (Å²) in [7, 11) is 0. The summed E-state index contributed by atoms with van der Waals surface area (Å²) in [6.07, 6.45) is 0.262. The highest BCUT2D eigenvalue weighted by Crippen LogP contribution is 2.29. The number of fused-ring (bicyclic) bond motifs is 2. The number of halogens is 3. The van der Waals surface area contributed by atoms with E-state index in [0.29, 0.717) is 28.4 Å². The van der Waals surface area contributed by atoms with Crippen LogP contribution in [0.4, 0.5) is 24.8 Å². The highest BCUT2D eigenvalue weighted by molar-refractivity contribution is 6.03. The Hall–Kier alpha value is -4.09. The van der Waals surface area contributed by atoms with Crippen LogP contribution in [-0.4, -0.2) is 49.8 Å². The number of aliphatic imine (C=N–C) groups is 1. The van der Waals surface area contributed by atoms with Crippen molar-refractivity contribution in [2.45, 2.75) is 6.18 Å². The second-order valence-corrected chi connectivity index (χ2v) is 6.93. The van der Waals surface area contributed by atoms with Gasteiger partial charge >= 0.3 is 6.18 Å². The first-order chi connectivity index (χ1) is 14.9. The minimum absolute atomic E-state index is 0.156. The Labute approximate surface area is 173 Å². The lowest BCUT2D eigenvalue weighted by atomic mass is 10.1. The van der Waals surface area contributed by atoms with E-state index in [1.54, 1.807) is 18.5 Å². The fraction of sp³-hybridized carbons (Fsp3) is 0.158. The van der Waals surface area contributed by atoms with E-state index in [2.05, 4.69) is 30.2 Å². The summed E-state index contributed by atoms with van der Waals surface area (Å²) in [4.78, 5) is 19.5. The van der Waals surface area contributed by atoms with Crippen molar-refractivity contribution in [3.8, 4) is 11.1 Å². The molecule has 9 nitrogen and oxygen atoms in total. The van der Waals surface area contributed by atoms with Gasteiger partial charge in [0.25, 0.3) is 0 Å². The van der Waals surface area contributed by atoms with Gasteiger partial charge in [0.2, 0.25) is 5.95 Å². The van der Waals surface area contributed by atoms with Gasteiger partial charge in [-0.3, -0.25) is 9.69 Å². The molecule has 158 valence electrons. The van der Waals surface area contributed by atoms with Gasteiger partial charge in [-0.05, 0) is 23.8 Å². The average molecular weight is 427 g/mol. The lowest BCUT2D eigenvalue weighted by Gasteiger charge is -2.30. The highest BCUT2D eigenvalue weighted by atomic mass is 19.4. The Balaban J connectivity index is 1.41. The quantitative estimate of drug-likeness (QED) is 0.462. The Kier molecular flexibility index (Phi) is 4.27. The number of nitrogens with one attached hydrogen (secondary N) is 2. The number of aromatic nitrogens is 5. The molecule has 4 heterocycles. The summed E-state index contributed by atoms with van der Waals surface area (Å²) in [5.74, 6) is 0.715. The van der Waals surface area contributed by atoms with E-state index >= 15 is 0 Å². The molecule has 31 heavy (non-hydrogen) atoms. The van der Waals surface area contributed by atoms with Crippen LogP contribution in [0.1, 0.15) is 5.69 Å². The molecule has 0 amide bonds. The maximum atomic E-state index is 12.9. The average Bonchev–Trinajstić information content (AvgIpc) is 3.34. The van der Waals surface area contributed by atoms with Crippen LogP contribution in [0.5, 0.6) is 0 Å². The topological polar surface area (TPSA) is 113 Å². The molecular weight excluding hydrogens is 411 g/mol. The van der Waals surface area contributed by atoms with E-state index in [9.17, 15) is 13.2 Å². The maximum Gasteiger partial charge on any atom is 0.407 e. The molecule has 0 unspecified atom stereocenters. The molecule has 1 aliphatic rings. The number of rotatable bonds is 4. The number of H-pyrrole nitrogens is 1. The first kappa shape index (κ1) is 18.9. The van der Waals surface area contributed by atoms with Gasteiger partial charge in [0.15, 0.2) is 5.65 Å².